The Balaban J connectivity index is 2.16. The van der Waals surface area contributed by atoms with Crippen molar-refractivity contribution >= 4 is 0 Å². The van der Waals surface area contributed by atoms with Gasteiger partial charge >= 0.3 is 0 Å². The molecule has 2 heteroatoms. The molecule has 1 saturated carbocycles. The summed E-state index contributed by atoms with van der Waals surface area (Å²) in [5, 5.41) is 3.58. The second-order valence-electron chi connectivity index (χ2n) is 6.26. The molecule has 1 atom stereocenters. The molecule has 1 rings (SSSR count). The number of hydrogen-bond donors (Lipinski definition) is 1. The summed E-state index contributed by atoms with van der Waals surface area (Å²) < 4.78 is 5.10. The minimum Gasteiger partial charge on any atom is -0.383 e. The SMILES string of the molecule is CCCCCCCC(C)(CNCCOC)C1CC1. The zero-order chi connectivity index (χ0) is 13.3. The Morgan fingerprint density at radius 1 is 1.17 bits per heavy atom. The van der Waals surface area contributed by atoms with Crippen LogP contribution in [0.15, 0.2) is 0 Å². The fourth-order valence-electron chi connectivity index (χ4n) is 2.90. The van der Waals surface area contributed by atoms with Crippen LogP contribution in [0.1, 0.15) is 65.2 Å². The van der Waals surface area contributed by atoms with E-state index in [2.05, 4.69) is 19.2 Å². The normalized spacial score (nSPS) is 18.8. The van der Waals surface area contributed by atoms with Crippen LogP contribution < -0.4 is 5.32 Å². The van der Waals surface area contributed by atoms with Gasteiger partial charge in [-0.15, -0.1) is 0 Å². The molecule has 0 radical (unpaired) electrons. The van der Waals surface area contributed by atoms with Crippen molar-refractivity contribution in [3.05, 3.63) is 0 Å². The van der Waals surface area contributed by atoms with E-state index in [0.717, 1.165) is 19.1 Å². The van der Waals surface area contributed by atoms with Crippen LogP contribution >= 0.6 is 0 Å². The van der Waals surface area contributed by atoms with E-state index in [1.165, 1.54) is 57.9 Å². The first-order valence-electron chi connectivity index (χ1n) is 7.92. The number of unbranched alkanes of at least 4 members (excludes halogenated alkanes) is 4. The van der Waals surface area contributed by atoms with E-state index in [4.69, 9.17) is 4.74 Å². The lowest BCUT2D eigenvalue weighted by Crippen LogP contribution is -2.35. The lowest BCUT2D eigenvalue weighted by atomic mass is 9.79. The summed E-state index contributed by atoms with van der Waals surface area (Å²) in [5.41, 5.74) is 0.542. The van der Waals surface area contributed by atoms with Gasteiger partial charge < -0.3 is 10.1 Å². The third-order valence-corrected chi connectivity index (χ3v) is 4.43. The van der Waals surface area contributed by atoms with Crippen molar-refractivity contribution < 1.29 is 4.74 Å². The average molecular weight is 255 g/mol. The van der Waals surface area contributed by atoms with E-state index in [9.17, 15) is 0 Å². The Bertz CT molecular complexity index is 203. The largest absolute Gasteiger partial charge is 0.383 e. The molecule has 0 heterocycles. The molecular formula is C16H33NO. The van der Waals surface area contributed by atoms with E-state index < -0.39 is 0 Å². The number of methoxy groups -OCH3 is 1. The van der Waals surface area contributed by atoms with E-state index in [1.54, 1.807) is 7.11 Å². The number of hydrogen-bond acceptors (Lipinski definition) is 2. The van der Waals surface area contributed by atoms with Crippen molar-refractivity contribution in [1.29, 1.82) is 0 Å². The first kappa shape index (κ1) is 16.0. The first-order valence-corrected chi connectivity index (χ1v) is 7.92. The van der Waals surface area contributed by atoms with Gasteiger partial charge in [0.1, 0.15) is 0 Å². The van der Waals surface area contributed by atoms with Crippen LogP contribution in [0.5, 0.6) is 0 Å². The lowest BCUT2D eigenvalue weighted by molar-refractivity contribution is 0.182. The van der Waals surface area contributed by atoms with Gasteiger partial charge in [0.25, 0.3) is 0 Å². The third kappa shape index (κ3) is 6.19. The zero-order valence-electron chi connectivity index (χ0n) is 12.8. The molecule has 0 bridgehead atoms. The summed E-state index contributed by atoms with van der Waals surface area (Å²) in [5.74, 6) is 0.985. The summed E-state index contributed by atoms with van der Waals surface area (Å²) in [6.07, 6.45) is 11.3. The number of ether oxygens (including phenoxy) is 1. The summed E-state index contributed by atoms with van der Waals surface area (Å²) in [4.78, 5) is 0. The van der Waals surface area contributed by atoms with Gasteiger partial charge in [0, 0.05) is 20.2 Å². The van der Waals surface area contributed by atoms with E-state index in [1.807, 2.05) is 0 Å². The molecule has 0 saturated heterocycles. The highest BCUT2D eigenvalue weighted by Gasteiger charge is 2.40. The molecule has 108 valence electrons. The Morgan fingerprint density at radius 3 is 2.50 bits per heavy atom. The Labute approximate surface area is 114 Å². The van der Waals surface area contributed by atoms with Gasteiger partial charge in [0.05, 0.1) is 6.61 Å². The smallest absolute Gasteiger partial charge is 0.0587 e. The van der Waals surface area contributed by atoms with Crippen LogP contribution in [0.25, 0.3) is 0 Å². The second kappa shape index (κ2) is 8.92. The summed E-state index contributed by atoms with van der Waals surface area (Å²) in [6, 6.07) is 0. The van der Waals surface area contributed by atoms with Gasteiger partial charge in [-0.25, -0.2) is 0 Å². The first-order chi connectivity index (χ1) is 8.73. The molecule has 18 heavy (non-hydrogen) atoms. The maximum absolute atomic E-state index is 5.10. The Morgan fingerprint density at radius 2 is 1.89 bits per heavy atom. The molecule has 0 aliphatic heterocycles. The molecule has 2 nitrogen and oxygen atoms in total. The van der Waals surface area contributed by atoms with Crippen molar-refractivity contribution in [2.75, 3.05) is 26.8 Å². The molecule has 1 unspecified atom stereocenters. The quantitative estimate of drug-likeness (QED) is 0.532. The highest BCUT2D eigenvalue weighted by molar-refractivity contribution is 4.92. The predicted molar refractivity (Wildman–Crippen MR) is 79.0 cm³/mol. The van der Waals surface area contributed by atoms with Crippen LogP contribution in [-0.2, 0) is 4.74 Å². The Kier molecular flexibility index (Phi) is 7.92. The van der Waals surface area contributed by atoms with Gasteiger partial charge in [-0.05, 0) is 30.6 Å². The maximum atomic E-state index is 5.10. The summed E-state index contributed by atoms with van der Waals surface area (Å²) in [6.45, 7) is 7.78. The highest BCUT2D eigenvalue weighted by atomic mass is 16.5. The van der Waals surface area contributed by atoms with Crippen LogP contribution in [0, 0.1) is 11.3 Å². The van der Waals surface area contributed by atoms with Crippen LogP contribution in [0.2, 0.25) is 0 Å². The van der Waals surface area contributed by atoms with E-state index in [-0.39, 0.29) is 0 Å². The Hall–Kier alpha value is -0.0800. The third-order valence-electron chi connectivity index (χ3n) is 4.43. The van der Waals surface area contributed by atoms with Crippen LogP contribution in [0.3, 0.4) is 0 Å². The summed E-state index contributed by atoms with van der Waals surface area (Å²) in [7, 11) is 1.77. The van der Waals surface area contributed by atoms with E-state index >= 15 is 0 Å². The molecule has 1 fully saturated rings. The van der Waals surface area contributed by atoms with Crippen molar-refractivity contribution in [2.24, 2.45) is 11.3 Å². The molecule has 0 aromatic rings. The predicted octanol–water partition coefficient (Wildman–Crippen LogP) is 4.00. The monoisotopic (exact) mass is 255 g/mol. The van der Waals surface area contributed by atoms with Crippen LogP contribution in [-0.4, -0.2) is 26.8 Å². The van der Waals surface area contributed by atoms with Gasteiger partial charge in [-0.2, -0.15) is 0 Å². The standard InChI is InChI=1S/C16H33NO/c1-4-5-6-7-8-11-16(2,15-9-10-15)14-17-12-13-18-3/h15,17H,4-14H2,1-3H3. The second-order valence-corrected chi connectivity index (χ2v) is 6.26. The molecule has 0 aromatic heterocycles. The minimum absolute atomic E-state index is 0.542. The molecular weight excluding hydrogens is 222 g/mol. The highest BCUT2D eigenvalue weighted by Crippen LogP contribution is 2.48. The fraction of sp³-hybridized carbons (Fsp3) is 1.00. The zero-order valence-corrected chi connectivity index (χ0v) is 12.8. The van der Waals surface area contributed by atoms with Crippen molar-refractivity contribution in [3.63, 3.8) is 0 Å². The van der Waals surface area contributed by atoms with Gasteiger partial charge in [0.2, 0.25) is 0 Å². The lowest BCUT2D eigenvalue weighted by Gasteiger charge is -2.30. The molecule has 0 aromatic carbocycles. The molecule has 1 aliphatic rings. The molecule has 0 amide bonds. The summed E-state index contributed by atoms with van der Waals surface area (Å²) >= 11 is 0. The molecule has 1 N–H and O–H groups in total. The number of rotatable bonds is 12. The van der Waals surface area contributed by atoms with Crippen molar-refractivity contribution in [1.82, 2.24) is 5.32 Å². The number of nitrogens with one attached hydrogen (secondary N) is 1. The van der Waals surface area contributed by atoms with Gasteiger partial charge in [-0.3, -0.25) is 0 Å². The van der Waals surface area contributed by atoms with E-state index in [0.29, 0.717) is 5.41 Å². The average Bonchev–Trinajstić information content (AvgIpc) is 3.19. The van der Waals surface area contributed by atoms with Gasteiger partial charge in [0.15, 0.2) is 0 Å². The van der Waals surface area contributed by atoms with Crippen LogP contribution in [0.4, 0.5) is 0 Å². The molecule has 1 aliphatic carbocycles. The minimum atomic E-state index is 0.542. The topological polar surface area (TPSA) is 21.3 Å². The van der Waals surface area contributed by atoms with Crippen molar-refractivity contribution in [3.8, 4) is 0 Å². The van der Waals surface area contributed by atoms with Gasteiger partial charge in [-0.1, -0.05) is 46.0 Å². The van der Waals surface area contributed by atoms with Crippen molar-refractivity contribution in [2.45, 2.75) is 65.2 Å². The molecule has 0 spiro atoms. The maximum Gasteiger partial charge on any atom is 0.0587 e. The fourth-order valence-corrected chi connectivity index (χ4v) is 2.90.